The predicted molar refractivity (Wildman–Crippen MR) is 98.1 cm³/mol. The summed E-state index contributed by atoms with van der Waals surface area (Å²) in [6.07, 6.45) is 11.9. The summed E-state index contributed by atoms with van der Waals surface area (Å²) in [5.74, 6) is 0.946. The molecule has 1 N–H and O–H groups in total. The average molecular weight is 319 g/mol. The van der Waals surface area contributed by atoms with Gasteiger partial charge < -0.3 is 10.1 Å². The van der Waals surface area contributed by atoms with Crippen molar-refractivity contribution in [1.82, 2.24) is 0 Å². The van der Waals surface area contributed by atoms with E-state index in [1.54, 1.807) is 0 Å². The van der Waals surface area contributed by atoms with Gasteiger partial charge in [0.05, 0.1) is 6.61 Å². The van der Waals surface area contributed by atoms with Gasteiger partial charge in [-0.2, -0.15) is 0 Å². The third kappa shape index (κ3) is 9.98. The highest BCUT2D eigenvalue weighted by Crippen LogP contribution is 2.17. The number of carbonyl (C=O) groups excluding carboxylic acids is 1. The first-order valence-electron chi connectivity index (χ1n) is 9.29. The Kier molecular flexibility index (Phi) is 11.0. The van der Waals surface area contributed by atoms with Crippen LogP contribution in [0, 0.1) is 0 Å². The number of hydrogen-bond donors (Lipinski definition) is 1. The number of benzene rings is 1. The molecule has 23 heavy (non-hydrogen) atoms. The summed E-state index contributed by atoms with van der Waals surface area (Å²) in [7, 11) is 0. The topological polar surface area (TPSA) is 38.3 Å². The van der Waals surface area contributed by atoms with Crippen LogP contribution >= 0.6 is 0 Å². The Labute approximate surface area is 141 Å². The van der Waals surface area contributed by atoms with Crippen molar-refractivity contribution in [3.05, 3.63) is 24.3 Å². The second kappa shape index (κ2) is 13.0. The maximum atomic E-state index is 11.5. The number of ether oxygens (including phenoxy) is 1. The second-order valence-electron chi connectivity index (χ2n) is 6.15. The highest BCUT2D eigenvalue weighted by Gasteiger charge is 2.01. The first kappa shape index (κ1) is 19.5. The minimum absolute atomic E-state index is 0.0695. The summed E-state index contributed by atoms with van der Waals surface area (Å²) in [4.78, 5) is 11.5. The first-order valence-corrected chi connectivity index (χ1v) is 9.29. The zero-order valence-corrected chi connectivity index (χ0v) is 14.9. The fourth-order valence-corrected chi connectivity index (χ4v) is 2.51. The van der Waals surface area contributed by atoms with Crippen molar-refractivity contribution < 1.29 is 9.53 Å². The minimum atomic E-state index is 0.0695. The van der Waals surface area contributed by atoms with Crippen LogP contribution in [0.4, 0.5) is 5.69 Å². The molecule has 0 aliphatic rings. The number of amides is 1. The molecule has 3 heteroatoms. The lowest BCUT2D eigenvalue weighted by Gasteiger charge is -2.08. The van der Waals surface area contributed by atoms with Crippen molar-refractivity contribution in [1.29, 1.82) is 0 Å². The summed E-state index contributed by atoms with van der Waals surface area (Å²) in [5, 5.41) is 2.88. The number of carbonyl (C=O) groups is 1. The Morgan fingerprint density at radius 2 is 1.48 bits per heavy atom. The van der Waals surface area contributed by atoms with E-state index in [-0.39, 0.29) is 5.91 Å². The van der Waals surface area contributed by atoms with E-state index in [1.165, 1.54) is 44.9 Å². The van der Waals surface area contributed by atoms with Gasteiger partial charge in [0.25, 0.3) is 0 Å². The molecular weight excluding hydrogens is 286 g/mol. The molecule has 1 rings (SSSR count). The number of nitrogens with one attached hydrogen (secondary N) is 1. The van der Waals surface area contributed by atoms with Crippen LogP contribution in [0.1, 0.15) is 78.1 Å². The monoisotopic (exact) mass is 319 g/mol. The molecule has 0 heterocycles. The molecule has 3 nitrogen and oxygen atoms in total. The summed E-state index contributed by atoms with van der Waals surface area (Å²) in [5.41, 5.74) is 0.836. The number of hydrogen-bond acceptors (Lipinski definition) is 2. The van der Waals surface area contributed by atoms with Gasteiger partial charge in [0, 0.05) is 12.1 Å². The number of anilines is 1. The molecule has 0 atom stereocenters. The highest BCUT2D eigenvalue weighted by atomic mass is 16.5. The number of unbranched alkanes of at least 4 members (excludes halogenated alkanes) is 7. The molecule has 1 amide bonds. The molecule has 0 fully saturated rings. The molecule has 130 valence electrons. The molecule has 0 radical (unpaired) electrons. The van der Waals surface area contributed by atoms with E-state index in [1.807, 2.05) is 31.2 Å². The van der Waals surface area contributed by atoms with Gasteiger partial charge in [-0.15, -0.1) is 0 Å². The quantitative estimate of drug-likeness (QED) is 0.457. The maximum Gasteiger partial charge on any atom is 0.224 e. The van der Waals surface area contributed by atoms with Crippen LogP contribution in [0.5, 0.6) is 5.75 Å². The Morgan fingerprint density at radius 1 is 0.870 bits per heavy atom. The van der Waals surface area contributed by atoms with Crippen LogP contribution in [-0.4, -0.2) is 12.5 Å². The van der Waals surface area contributed by atoms with Crippen molar-refractivity contribution in [2.45, 2.75) is 78.1 Å². The maximum absolute atomic E-state index is 11.5. The Bertz CT molecular complexity index is 414. The van der Waals surface area contributed by atoms with Crippen molar-refractivity contribution in [3.8, 4) is 5.75 Å². The highest BCUT2D eigenvalue weighted by molar-refractivity contribution is 5.90. The average Bonchev–Trinajstić information content (AvgIpc) is 2.55. The largest absolute Gasteiger partial charge is 0.494 e. The van der Waals surface area contributed by atoms with E-state index in [0.717, 1.165) is 30.9 Å². The van der Waals surface area contributed by atoms with Crippen LogP contribution in [-0.2, 0) is 4.79 Å². The second-order valence-corrected chi connectivity index (χ2v) is 6.15. The molecule has 1 aromatic carbocycles. The zero-order valence-electron chi connectivity index (χ0n) is 14.9. The van der Waals surface area contributed by atoms with Gasteiger partial charge in [-0.05, 0) is 37.1 Å². The Morgan fingerprint density at radius 3 is 2.09 bits per heavy atom. The Hall–Kier alpha value is -1.51. The number of rotatable bonds is 13. The summed E-state index contributed by atoms with van der Waals surface area (Å²) >= 11 is 0. The normalized spacial score (nSPS) is 10.5. The standard InChI is InChI=1S/C20H33NO2/c1-3-5-6-7-8-9-10-11-17-23-19-15-13-18(14-16-19)21-20(22)12-4-2/h13-16H,3-12,17H2,1-2H3,(H,21,22). The third-order valence-electron chi connectivity index (χ3n) is 3.88. The molecular formula is C20H33NO2. The van der Waals surface area contributed by atoms with Gasteiger partial charge in [-0.1, -0.05) is 58.8 Å². The lowest BCUT2D eigenvalue weighted by molar-refractivity contribution is -0.116. The van der Waals surface area contributed by atoms with Crippen molar-refractivity contribution >= 4 is 11.6 Å². The van der Waals surface area contributed by atoms with Crippen molar-refractivity contribution in [3.63, 3.8) is 0 Å². The summed E-state index contributed by atoms with van der Waals surface area (Å²) in [6.45, 7) is 5.03. The van der Waals surface area contributed by atoms with Crippen LogP contribution in [0.15, 0.2) is 24.3 Å². The molecule has 0 saturated heterocycles. The van der Waals surface area contributed by atoms with E-state index >= 15 is 0 Å². The summed E-state index contributed by atoms with van der Waals surface area (Å²) < 4.78 is 5.75. The van der Waals surface area contributed by atoms with Gasteiger partial charge in [0.1, 0.15) is 5.75 Å². The molecule has 0 spiro atoms. The SMILES string of the molecule is CCCCCCCCCCOc1ccc(NC(=O)CCC)cc1. The van der Waals surface area contributed by atoms with Crippen LogP contribution in [0.25, 0.3) is 0 Å². The van der Waals surface area contributed by atoms with Gasteiger partial charge in [-0.25, -0.2) is 0 Å². The molecule has 0 unspecified atom stereocenters. The molecule has 0 saturated carbocycles. The lowest BCUT2D eigenvalue weighted by Crippen LogP contribution is -2.10. The molecule has 1 aromatic rings. The van der Waals surface area contributed by atoms with E-state index < -0.39 is 0 Å². The van der Waals surface area contributed by atoms with Crippen LogP contribution in [0.2, 0.25) is 0 Å². The Balaban J connectivity index is 2.08. The first-order chi connectivity index (χ1) is 11.3. The van der Waals surface area contributed by atoms with Crippen LogP contribution < -0.4 is 10.1 Å². The smallest absolute Gasteiger partial charge is 0.224 e. The predicted octanol–water partition coefficient (Wildman–Crippen LogP) is 5.94. The zero-order chi connectivity index (χ0) is 16.8. The lowest BCUT2D eigenvalue weighted by atomic mass is 10.1. The van der Waals surface area contributed by atoms with Gasteiger partial charge in [0.2, 0.25) is 5.91 Å². The van der Waals surface area contributed by atoms with Crippen molar-refractivity contribution in [2.75, 3.05) is 11.9 Å². The fraction of sp³-hybridized carbons (Fsp3) is 0.650. The summed E-state index contributed by atoms with van der Waals surface area (Å²) in [6, 6.07) is 7.64. The van der Waals surface area contributed by atoms with E-state index in [2.05, 4.69) is 12.2 Å². The molecule has 0 aliphatic heterocycles. The van der Waals surface area contributed by atoms with Gasteiger partial charge >= 0.3 is 0 Å². The fourth-order valence-electron chi connectivity index (χ4n) is 2.51. The molecule has 0 aromatic heterocycles. The van der Waals surface area contributed by atoms with E-state index in [4.69, 9.17) is 4.74 Å². The minimum Gasteiger partial charge on any atom is -0.494 e. The van der Waals surface area contributed by atoms with Crippen molar-refractivity contribution in [2.24, 2.45) is 0 Å². The molecule has 0 aliphatic carbocycles. The van der Waals surface area contributed by atoms with Gasteiger partial charge in [-0.3, -0.25) is 4.79 Å². The van der Waals surface area contributed by atoms with E-state index in [9.17, 15) is 4.79 Å². The van der Waals surface area contributed by atoms with E-state index in [0.29, 0.717) is 6.42 Å². The third-order valence-corrected chi connectivity index (χ3v) is 3.88. The molecule has 0 bridgehead atoms. The van der Waals surface area contributed by atoms with Gasteiger partial charge in [0.15, 0.2) is 0 Å². The van der Waals surface area contributed by atoms with Crippen LogP contribution in [0.3, 0.4) is 0 Å².